The molecule has 1 amide bonds. The number of carbonyl (C=O) groups is 1. The average molecular weight is 322 g/mol. The summed E-state index contributed by atoms with van der Waals surface area (Å²) in [6.45, 7) is 4.04. The van der Waals surface area contributed by atoms with Crippen LogP contribution in [0.25, 0.3) is 10.6 Å². The topological polar surface area (TPSA) is 42.0 Å². The van der Waals surface area contributed by atoms with Crippen molar-refractivity contribution in [3.63, 3.8) is 0 Å². The number of para-hydroxylation sites is 1. The van der Waals surface area contributed by atoms with Gasteiger partial charge in [-0.3, -0.25) is 4.79 Å². The largest absolute Gasteiger partial charge is 0.326 e. The average Bonchev–Trinajstić information content (AvgIpc) is 2.98. The second-order valence-corrected chi connectivity index (χ2v) is 6.41. The van der Waals surface area contributed by atoms with Crippen molar-refractivity contribution in [1.82, 2.24) is 4.98 Å². The Morgan fingerprint density at radius 2 is 1.96 bits per heavy atom. The van der Waals surface area contributed by atoms with Crippen LogP contribution >= 0.6 is 11.3 Å². The molecule has 0 radical (unpaired) electrons. The number of carbonyl (C=O) groups excluding carboxylic acids is 1. The third kappa shape index (κ3) is 3.85. The van der Waals surface area contributed by atoms with Crippen molar-refractivity contribution >= 4 is 22.9 Å². The van der Waals surface area contributed by atoms with Crippen molar-refractivity contribution in [2.24, 2.45) is 0 Å². The molecule has 23 heavy (non-hydrogen) atoms. The van der Waals surface area contributed by atoms with Crippen LogP contribution in [-0.2, 0) is 11.2 Å². The zero-order valence-electron chi connectivity index (χ0n) is 13.2. The molecule has 4 heteroatoms. The maximum atomic E-state index is 12.2. The molecule has 0 spiro atoms. The molecule has 1 N–H and O–H groups in total. The molecular weight excluding hydrogens is 304 g/mol. The minimum absolute atomic E-state index is 0.0413. The molecule has 0 saturated carbocycles. The highest BCUT2D eigenvalue weighted by atomic mass is 32.1. The lowest BCUT2D eigenvalue weighted by molar-refractivity contribution is -0.115. The van der Waals surface area contributed by atoms with Gasteiger partial charge < -0.3 is 5.32 Å². The van der Waals surface area contributed by atoms with Gasteiger partial charge in [-0.1, -0.05) is 42.0 Å². The van der Waals surface area contributed by atoms with Crippen molar-refractivity contribution in [3.05, 3.63) is 70.7 Å². The molecule has 0 fully saturated rings. The minimum atomic E-state index is -0.0413. The molecule has 0 aliphatic rings. The molecule has 0 aliphatic carbocycles. The predicted molar refractivity (Wildman–Crippen MR) is 95.8 cm³/mol. The van der Waals surface area contributed by atoms with E-state index in [4.69, 9.17) is 0 Å². The summed E-state index contributed by atoms with van der Waals surface area (Å²) in [6, 6.07) is 16.0. The number of hydrogen-bond donors (Lipinski definition) is 1. The first kappa shape index (κ1) is 15.4. The summed E-state index contributed by atoms with van der Waals surface area (Å²) < 4.78 is 0. The molecule has 116 valence electrons. The summed E-state index contributed by atoms with van der Waals surface area (Å²) in [5.74, 6) is -0.0413. The molecule has 1 aromatic heterocycles. The van der Waals surface area contributed by atoms with Gasteiger partial charge in [0.25, 0.3) is 0 Å². The first-order chi connectivity index (χ1) is 11.1. The van der Waals surface area contributed by atoms with Crippen molar-refractivity contribution < 1.29 is 4.79 Å². The van der Waals surface area contributed by atoms with E-state index >= 15 is 0 Å². The molecule has 0 aliphatic heterocycles. The van der Waals surface area contributed by atoms with E-state index in [0.29, 0.717) is 0 Å². The Labute approximate surface area is 140 Å². The van der Waals surface area contributed by atoms with Gasteiger partial charge in [0.2, 0.25) is 5.91 Å². The number of amides is 1. The Balaban J connectivity index is 1.69. The molecule has 3 rings (SSSR count). The second kappa shape index (κ2) is 6.75. The first-order valence-corrected chi connectivity index (χ1v) is 8.37. The lowest BCUT2D eigenvalue weighted by atomic mass is 10.1. The number of aromatic nitrogens is 1. The normalized spacial score (nSPS) is 10.5. The van der Waals surface area contributed by atoms with Crippen LogP contribution in [0.15, 0.2) is 53.9 Å². The number of nitrogens with one attached hydrogen (secondary N) is 1. The third-order valence-electron chi connectivity index (χ3n) is 3.58. The number of aryl methyl sites for hydroxylation is 2. The van der Waals surface area contributed by atoms with E-state index in [1.165, 1.54) is 5.56 Å². The molecule has 0 unspecified atom stereocenters. The van der Waals surface area contributed by atoms with E-state index in [1.807, 2.05) is 48.7 Å². The van der Waals surface area contributed by atoms with Gasteiger partial charge in [0, 0.05) is 16.6 Å². The smallest absolute Gasteiger partial charge is 0.230 e. The third-order valence-corrected chi connectivity index (χ3v) is 4.52. The van der Waals surface area contributed by atoms with Crippen LogP contribution in [0.4, 0.5) is 5.69 Å². The van der Waals surface area contributed by atoms with Crippen LogP contribution in [0.3, 0.4) is 0 Å². The Morgan fingerprint density at radius 3 is 2.74 bits per heavy atom. The summed E-state index contributed by atoms with van der Waals surface area (Å²) in [5, 5.41) is 5.85. The fraction of sp³-hybridized carbons (Fsp3) is 0.158. The molecule has 0 saturated heterocycles. The number of benzene rings is 2. The van der Waals surface area contributed by atoms with Crippen LogP contribution in [0.1, 0.15) is 16.8 Å². The fourth-order valence-corrected chi connectivity index (χ4v) is 3.19. The van der Waals surface area contributed by atoms with E-state index in [-0.39, 0.29) is 12.3 Å². The Morgan fingerprint density at radius 1 is 1.13 bits per heavy atom. The fourth-order valence-electron chi connectivity index (χ4n) is 2.37. The number of nitrogens with zero attached hydrogens (tertiary/aromatic N) is 1. The zero-order chi connectivity index (χ0) is 16.2. The quantitative estimate of drug-likeness (QED) is 0.762. The number of thiazole rings is 1. The highest BCUT2D eigenvalue weighted by molar-refractivity contribution is 7.13. The minimum Gasteiger partial charge on any atom is -0.326 e. The summed E-state index contributed by atoms with van der Waals surface area (Å²) in [5.41, 5.74) is 5.01. The molecule has 3 nitrogen and oxygen atoms in total. The molecule has 1 heterocycles. The van der Waals surface area contributed by atoms with Gasteiger partial charge in [-0.05, 0) is 31.5 Å². The first-order valence-electron chi connectivity index (χ1n) is 7.49. The predicted octanol–water partition coefficient (Wildman–Crippen LogP) is 4.61. The maximum absolute atomic E-state index is 12.2. The maximum Gasteiger partial charge on any atom is 0.230 e. The summed E-state index contributed by atoms with van der Waals surface area (Å²) in [6.07, 6.45) is 0.288. The molecule has 0 atom stereocenters. The van der Waals surface area contributed by atoms with E-state index in [2.05, 4.69) is 29.4 Å². The van der Waals surface area contributed by atoms with Crippen molar-refractivity contribution in [2.45, 2.75) is 20.3 Å². The van der Waals surface area contributed by atoms with Gasteiger partial charge in [0.05, 0.1) is 12.1 Å². The van der Waals surface area contributed by atoms with Crippen molar-refractivity contribution in [1.29, 1.82) is 0 Å². The number of anilines is 1. The summed E-state index contributed by atoms with van der Waals surface area (Å²) in [7, 11) is 0. The summed E-state index contributed by atoms with van der Waals surface area (Å²) >= 11 is 1.57. The Kier molecular flexibility index (Phi) is 4.53. The van der Waals surface area contributed by atoms with E-state index < -0.39 is 0 Å². The van der Waals surface area contributed by atoms with Gasteiger partial charge in [0.15, 0.2) is 0 Å². The Hall–Kier alpha value is -2.46. The summed E-state index contributed by atoms with van der Waals surface area (Å²) in [4.78, 5) is 16.8. The molecule has 0 bridgehead atoms. The molecule has 2 aromatic carbocycles. The van der Waals surface area contributed by atoms with Gasteiger partial charge in [-0.15, -0.1) is 11.3 Å². The molecule has 3 aromatic rings. The standard InChI is InChI=1S/C19H18N2OS/c1-13-6-5-8-15(10-13)19-20-16(12-23-19)11-18(22)21-17-9-4-3-7-14(17)2/h3-10,12H,11H2,1-2H3,(H,21,22). The van der Waals surface area contributed by atoms with Gasteiger partial charge >= 0.3 is 0 Å². The highest BCUT2D eigenvalue weighted by Gasteiger charge is 2.10. The van der Waals surface area contributed by atoms with Gasteiger partial charge in [-0.25, -0.2) is 4.98 Å². The van der Waals surface area contributed by atoms with Gasteiger partial charge in [-0.2, -0.15) is 0 Å². The molecular formula is C19H18N2OS. The van der Waals surface area contributed by atoms with E-state index in [9.17, 15) is 4.79 Å². The van der Waals surface area contributed by atoms with Crippen LogP contribution < -0.4 is 5.32 Å². The number of hydrogen-bond acceptors (Lipinski definition) is 3. The van der Waals surface area contributed by atoms with Crippen LogP contribution in [0, 0.1) is 13.8 Å². The van der Waals surface area contributed by atoms with Gasteiger partial charge in [0.1, 0.15) is 5.01 Å². The lowest BCUT2D eigenvalue weighted by Crippen LogP contribution is -2.15. The number of rotatable bonds is 4. The van der Waals surface area contributed by atoms with Crippen molar-refractivity contribution in [3.8, 4) is 10.6 Å². The van der Waals surface area contributed by atoms with Crippen LogP contribution in [0.2, 0.25) is 0 Å². The van der Waals surface area contributed by atoms with Crippen LogP contribution in [-0.4, -0.2) is 10.9 Å². The second-order valence-electron chi connectivity index (χ2n) is 5.55. The Bertz CT molecular complexity index is 839. The van der Waals surface area contributed by atoms with E-state index in [1.54, 1.807) is 11.3 Å². The van der Waals surface area contributed by atoms with Crippen molar-refractivity contribution in [2.75, 3.05) is 5.32 Å². The van der Waals surface area contributed by atoms with E-state index in [0.717, 1.165) is 27.5 Å². The monoisotopic (exact) mass is 322 g/mol. The zero-order valence-corrected chi connectivity index (χ0v) is 14.0. The SMILES string of the molecule is Cc1cccc(-c2nc(CC(=O)Nc3ccccc3C)cs2)c1. The highest BCUT2D eigenvalue weighted by Crippen LogP contribution is 2.24. The van der Waals surface area contributed by atoms with Crippen LogP contribution in [0.5, 0.6) is 0 Å². The lowest BCUT2D eigenvalue weighted by Gasteiger charge is -2.06.